The Kier molecular flexibility index (Phi) is 7.95. The van der Waals surface area contributed by atoms with Crippen LogP contribution in [0.1, 0.15) is 105 Å². The molecular formula is C44H51NO2S. The van der Waals surface area contributed by atoms with Crippen LogP contribution in [0, 0.1) is 0 Å². The largest absolute Gasteiger partial charge is 0.507 e. The van der Waals surface area contributed by atoms with E-state index in [0.717, 1.165) is 27.8 Å². The summed E-state index contributed by atoms with van der Waals surface area (Å²) in [5.74, 6) is 0.321. The molecule has 0 aliphatic rings. The zero-order valence-corrected chi connectivity index (χ0v) is 31.6. The zero-order valence-electron chi connectivity index (χ0n) is 30.8. The summed E-state index contributed by atoms with van der Waals surface area (Å²) in [6.07, 6.45) is 0. The lowest BCUT2D eigenvalue weighted by Gasteiger charge is -2.26. The quantitative estimate of drug-likeness (QED) is 0.199. The van der Waals surface area contributed by atoms with Crippen LogP contribution in [0.3, 0.4) is 0 Å². The van der Waals surface area contributed by atoms with Gasteiger partial charge in [-0.05, 0) is 91.4 Å². The maximum absolute atomic E-state index is 12.0. The fraction of sp³-hybridized carbons (Fsp3) is 0.364. The minimum atomic E-state index is -0.0136. The predicted molar refractivity (Wildman–Crippen MR) is 208 cm³/mol. The van der Waals surface area contributed by atoms with Crippen LogP contribution in [0.25, 0.3) is 49.1 Å². The van der Waals surface area contributed by atoms with E-state index < -0.39 is 0 Å². The van der Waals surface area contributed by atoms with Crippen molar-refractivity contribution in [3.63, 3.8) is 0 Å². The second kappa shape index (κ2) is 11.3. The molecule has 2 aromatic heterocycles. The van der Waals surface area contributed by atoms with Crippen molar-refractivity contribution < 1.29 is 10.2 Å². The highest BCUT2D eigenvalue weighted by atomic mass is 32.1. The number of nitrogens with zero attached hydrogens (tertiary/aromatic N) is 1. The lowest BCUT2D eigenvalue weighted by molar-refractivity contribution is 0.470. The van der Waals surface area contributed by atoms with E-state index in [2.05, 4.69) is 142 Å². The standard InChI is InChI=1S/C44H51NO2S/c1-41(2,3)28-14-16-35-32(23-28)33-24-29(42(4,5)6)15-17-36(33)45(35)37-25-48-40(39(37)47)34-21-26(13-18-38(34)46)27-19-30(43(7,8)9)22-31(20-27)44(10,11)12/h13-25,46-47H,1-12H3. The summed E-state index contributed by atoms with van der Waals surface area (Å²) < 4.78 is 2.18. The number of aromatic nitrogens is 1. The smallest absolute Gasteiger partial charge is 0.158 e. The van der Waals surface area contributed by atoms with Crippen molar-refractivity contribution in [3.8, 4) is 38.8 Å². The summed E-state index contributed by atoms with van der Waals surface area (Å²) in [5.41, 5.74) is 10.7. The summed E-state index contributed by atoms with van der Waals surface area (Å²) in [6.45, 7) is 26.9. The number of phenolic OH excluding ortho intramolecular Hbond substituents is 1. The van der Waals surface area contributed by atoms with E-state index in [9.17, 15) is 10.2 Å². The van der Waals surface area contributed by atoms with Crippen LogP contribution in [0.4, 0.5) is 0 Å². The van der Waals surface area contributed by atoms with Gasteiger partial charge in [0.05, 0.1) is 21.6 Å². The number of thiophene rings is 1. The van der Waals surface area contributed by atoms with Gasteiger partial charge >= 0.3 is 0 Å². The molecule has 0 radical (unpaired) electrons. The molecule has 3 nitrogen and oxygen atoms in total. The van der Waals surface area contributed by atoms with Gasteiger partial charge in [-0.25, -0.2) is 0 Å². The number of hydrogen-bond donors (Lipinski definition) is 2. The van der Waals surface area contributed by atoms with Crippen LogP contribution in [0.2, 0.25) is 0 Å². The minimum absolute atomic E-state index is 0.00449. The van der Waals surface area contributed by atoms with Gasteiger partial charge in [0.1, 0.15) is 5.75 Å². The van der Waals surface area contributed by atoms with Gasteiger partial charge in [-0.3, -0.25) is 0 Å². The summed E-state index contributed by atoms with van der Waals surface area (Å²) in [5, 5.41) is 27.6. The summed E-state index contributed by atoms with van der Waals surface area (Å²) in [4.78, 5) is 0.653. The fourth-order valence-corrected chi connectivity index (χ4v) is 7.42. The molecule has 2 N–H and O–H groups in total. The highest BCUT2D eigenvalue weighted by Crippen LogP contribution is 2.48. The summed E-state index contributed by atoms with van der Waals surface area (Å²) >= 11 is 1.46. The topological polar surface area (TPSA) is 45.4 Å². The molecule has 250 valence electrons. The third kappa shape index (κ3) is 6.05. The molecule has 4 heteroatoms. The Morgan fingerprint density at radius 1 is 0.500 bits per heavy atom. The predicted octanol–water partition coefficient (Wildman–Crippen LogP) is 12.8. The van der Waals surface area contributed by atoms with Crippen LogP contribution >= 0.6 is 11.3 Å². The number of benzene rings is 4. The fourth-order valence-electron chi connectivity index (χ4n) is 6.47. The highest BCUT2D eigenvalue weighted by molar-refractivity contribution is 7.14. The van der Waals surface area contributed by atoms with E-state index in [0.29, 0.717) is 10.4 Å². The van der Waals surface area contributed by atoms with Crippen LogP contribution in [-0.4, -0.2) is 14.8 Å². The van der Waals surface area contributed by atoms with Crippen molar-refractivity contribution in [3.05, 3.63) is 100 Å². The molecule has 6 aromatic rings. The minimum Gasteiger partial charge on any atom is -0.507 e. The Bertz CT molecular complexity index is 2080. The molecule has 4 aromatic carbocycles. The molecule has 0 saturated carbocycles. The molecule has 0 aliphatic carbocycles. The number of fused-ring (bicyclic) bond motifs is 3. The number of aromatic hydroxyl groups is 2. The van der Waals surface area contributed by atoms with Gasteiger partial charge in [0.2, 0.25) is 0 Å². The van der Waals surface area contributed by atoms with E-state index in [1.807, 2.05) is 17.5 Å². The van der Waals surface area contributed by atoms with Crippen molar-refractivity contribution in [1.82, 2.24) is 4.57 Å². The molecule has 0 unspecified atom stereocenters. The van der Waals surface area contributed by atoms with Crippen molar-refractivity contribution in [2.45, 2.75) is 105 Å². The summed E-state index contributed by atoms with van der Waals surface area (Å²) in [7, 11) is 0. The first-order chi connectivity index (χ1) is 22.1. The van der Waals surface area contributed by atoms with Crippen molar-refractivity contribution in [2.24, 2.45) is 0 Å². The molecule has 2 heterocycles. The first-order valence-electron chi connectivity index (χ1n) is 17.0. The lowest BCUT2D eigenvalue weighted by Crippen LogP contribution is -2.16. The van der Waals surface area contributed by atoms with Gasteiger partial charge in [-0.1, -0.05) is 119 Å². The van der Waals surface area contributed by atoms with E-state index in [-0.39, 0.29) is 33.2 Å². The number of phenols is 1. The van der Waals surface area contributed by atoms with E-state index in [1.165, 1.54) is 44.4 Å². The molecule has 0 fully saturated rings. The van der Waals surface area contributed by atoms with E-state index in [1.54, 1.807) is 6.07 Å². The van der Waals surface area contributed by atoms with Gasteiger partial charge in [-0.2, -0.15) is 0 Å². The molecule has 0 atom stereocenters. The van der Waals surface area contributed by atoms with Crippen molar-refractivity contribution in [1.29, 1.82) is 0 Å². The monoisotopic (exact) mass is 657 g/mol. The van der Waals surface area contributed by atoms with Crippen LogP contribution in [0.15, 0.2) is 78.2 Å². The second-order valence-corrected chi connectivity index (χ2v) is 18.5. The van der Waals surface area contributed by atoms with E-state index >= 15 is 0 Å². The maximum Gasteiger partial charge on any atom is 0.158 e. The van der Waals surface area contributed by atoms with Gasteiger partial charge in [0.25, 0.3) is 0 Å². The molecule has 0 aliphatic heterocycles. The molecule has 0 saturated heterocycles. The van der Waals surface area contributed by atoms with Crippen molar-refractivity contribution >= 4 is 33.1 Å². The lowest BCUT2D eigenvalue weighted by atomic mass is 9.79. The average molecular weight is 658 g/mol. The van der Waals surface area contributed by atoms with Crippen LogP contribution < -0.4 is 0 Å². The van der Waals surface area contributed by atoms with Gasteiger partial charge in [0.15, 0.2) is 5.75 Å². The Balaban J connectivity index is 1.55. The highest BCUT2D eigenvalue weighted by Gasteiger charge is 2.25. The van der Waals surface area contributed by atoms with Crippen molar-refractivity contribution in [2.75, 3.05) is 0 Å². The molecule has 0 bridgehead atoms. The number of rotatable bonds is 3. The van der Waals surface area contributed by atoms with Crippen LogP contribution in [0.5, 0.6) is 11.5 Å². The first kappa shape index (κ1) is 33.9. The third-order valence-corrected chi connectivity index (χ3v) is 10.7. The second-order valence-electron chi connectivity index (χ2n) is 17.6. The van der Waals surface area contributed by atoms with E-state index in [4.69, 9.17) is 0 Å². The van der Waals surface area contributed by atoms with Gasteiger partial charge in [0, 0.05) is 21.7 Å². The van der Waals surface area contributed by atoms with Gasteiger partial charge in [-0.15, -0.1) is 11.3 Å². The van der Waals surface area contributed by atoms with Crippen LogP contribution in [-0.2, 0) is 21.7 Å². The Morgan fingerprint density at radius 3 is 1.44 bits per heavy atom. The number of hydrogen-bond acceptors (Lipinski definition) is 3. The maximum atomic E-state index is 12.0. The average Bonchev–Trinajstić information content (AvgIpc) is 3.51. The first-order valence-corrected chi connectivity index (χ1v) is 17.9. The van der Waals surface area contributed by atoms with Gasteiger partial charge < -0.3 is 14.8 Å². The third-order valence-electron chi connectivity index (χ3n) is 9.72. The molecule has 6 rings (SSSR count). The Hall–Kier alpha value is -4.02. The molecule has 48 heavy (non-hydrogen) atoms. The Morgan fingerprint density at radius 2 is 0.979 bits per heavy atom. The normalized spacial score (nSPS) is 13.2. The molecule has 0 amide bonds. The zero-order chi connectivity index (χ0) is 35.1. The molecular weight excluding hydrogens is 607 g/mol. The summed E-state index contributed by atoms with van der Waals surface area (Å²) in [6, 6.07) is 26.0. The SMILES string of the molecule is CC(C)(C)c1cc(-c2ccc(O)c(-c3scc(-n4c5ccc(C(C)(C)C)cc5c5cc(C(C)(C)C)ccc54)c3O)c2)cc(C(C)(C)C)c1. The molecule has 0 spiro atoms. The Labute approximate surface area is 290 Å².